The molecule has 11 heavy (non-hydrogen) atoms. The predicted octanol–water partition coefficient (Wildman–Crippen LogP) is 3.61. The Labute approximate surface area is 70.4 Å². The third-order valence-electron chi connectivity index (χ3n) is 4.38. The van der Waals surface area contributed by atoms with Crippen molar-refractivity contribution in [1.82, 2.24) is 0 Å². The molecule has 0 aromatic carbocycles. The summed E-state index contributed by atoms with van der Waals surface area (Å²) in [4.78, 5) is 0. The SMILES string of the molecule is CCC1CC2(CC)CCC1C2. The summed E-state index contributed by atoms with van der Waals surface area (Å²) < 4.78 is 0. The molecule has 2 fully saturated rings. The van der Waals surface area contributed by atoms with E-state index in [1.54, 1.807) is 25.7 Å². The van der Waals surface area contributed by atoms with Gasteiger partial charge in [0.15, 0.2) is 0 Å². The Morgan fingerprint density at radius 1 is 1.27 bits per heavy atom. The van der Waals surface area contributed by atoms with Crippen molar-refractivity contribution in [1.29, 1.82) is 0 Å². The molecule has 0 amide bonds. The van der Waals surface area contributed by atoms with E-state index < -0.39 is 0 Å². The minimum Gasteiger partial charge on any atom is -0.0651 e. The molecule has 0 radical (unpaired) electrons. The second kappa shape index (κ2) is 2.50. The van der Waals surface area contributed by atoms with E-state index in [0.29, 0.717) is 0 Å². The van der Waals surface area contributed by atoms with Gasteiger partial charge in [0.05, 0.1) is 0 Å². The number of rotatable bonds is 2. The van der Waals surface area contributed by atoms with Crippen LogP contribution in [-0.4, -0.2) is 0 Å². The summed E-state index contributed by atoms with van der Waals surface area (Å²) in [5.74, 6) is 2.23. The molecular weight excluding hydrogens is 132 g/mol. The van der Waals surface area contributed by atoms with Crippen molar-refractivity contribution in [3.63, 3.8) is 0 Å². The van der Waals surface area contributed by atoms with Crippen LogP contribution in [0.2, 0.25) is 0 Å². The van der Waals surface area contributed by atoms with Crippen molar-refractivity contribution in [3.05, 3.63) is 0 Å². The fourth-order valence-electron chi connectivity index (χ4n) is 3.51. The second-order valence-electron chi connectivity index (χ2n) is 4.73. The van der Waals surface area contributed by atoms with Crippen molar-refractivity contribution in [2.45, 2.75) is 52.4 Å². The average molecular weight is 152 g/mol. The molecule has 0 aromatic rings. The highest BCUT2D eigenvalue weighted by Crippen LogP contribution is 2.59. The molecule has 0 aliphatic heterocycles. The van der Waals surface area contributed by atoms with Gasteiger partial charge in [0.1, 0.15) is 0 Å². The minimum absolute atomic E-state index is 0.825. The zero-order chi connectivity index (χ0) is 7.90. The molecule has 2 saturated carbocycles. The summed E-state index contributed by atoms with van der Waals surface area (Å²) in [6.07, 6.45) is 9.11. The standard InChI is InChI=1S/C11H20/c1-3-9-7-11(4-2)6-5-10(9)8-11/h9-10H,3-8H2,1-2H3. The van der Waals surface area contributed by atoms with Crippen molar-refractivity contribution in [2.24, 2.45) is 17.3 Å². The Morgan fingerprint density at radius 2 is 2.09 bits per heavy atom. The third-order valence-corrected chi connectivity index (χ3v) is 4.38. The molecular formula is C11H20. The summed E-state index contributed by atoms with van der Waals surface area (Å²) in [5, 5.41) is 0. The average Bonchev–Trinajstić information content (AvgIpc) is 2.61. The van der Waals surface area contributed by atoms with Gasteiger partial charge in [0, 0.05) is 0 Å². The van der Waals surface area contributed by atoms with E-state index in [1.807, 2.05) is 0 Å². The Morgan fingerprint density at radius 3 is 2.55 bits per heavy atom. The molecule has 0 N–H and O–H groups in total. The molecule has 3 atom stereocenters. The van der Waals surface area contributed by atoms with Gasteiger partial charge in [-0.3, -0.25) is 0 Å². The number of hydrogen-bond donors (Lipinski definition) is 0. The highest BCUT2D eigenvalue weighted by atomic mass is 14.5. The molecule has 0 heterocycles. The van der Waals surface area contributed by atoms with E-state index in [1.165, 1.54) is 12.8 Å². The lowest BCUT2D eigenvalue weighted by Gasteiger charge is -2.28. The van der Waals surface area contributed by atoms with Gasteiger partial charge in [-0.25, -0.2) is 0 Å². The molecule has 0 aromatic heterocycles. The largest absolute Gasteiger partial charge is 0.0651 e. The highest BCUT2D eigenvalue weighted by Gasteiger charge is 2.48. The fraction of sp³-hybridized carbons (Fsp3) is 1.00. The van der Waals surface area contributed by atoms with E-state index in [-0.39, 0.29) is 0 Å². The van der Waals surface area contributed by atoms with Crippen LogP contribution >= 0.6 is 0 Å². The first-order valence-corrected chi connectivity index (χ1v) is 5.29. The third kappa shape index (κ3) is 1.02. The lowest BCUT2D eigenvalue weighted by molar-refractivity contribution is 0.233. The van der Waals surface area contributed by atoms with Crippen molar-refractivity contribution >= 4 is 0 Å². The number of fused-ring (bicyclic) bond motifs is 2. The Balaban J connectivity index is 2.08. The normalized spacial score (nSPS) is 48.5. The summed E-state index contributed by atoms with van der Waals surface area (Å²) in [6, 6.07) is 0. The monoisotopic (exact) mass is 152 g/mol. The van der Waals surface area contributed by atoms with E-state index in [9.17, 15) is 0 Å². The molecule has 0 nitrogen and oxygen atoms in total. The van der Waals surface area contributed by atoms with Crippen LogP contribution < -0.4 is 0 Å². The molecule has 0 saturated heterocycles. The van der Waals surface area contributed by atoms with Gasteiger partial charge >= 0.3 is 0 Å². The van der Waals surface area contributed by atoms with Gasteiger partial charge in [-0.1, -0.05) is 26.7 Å². The maximum absolute atomic E-state index is 2.39. The van der Waals surface area contributed by atoms with Crippen LogP contribution in [0.1, 0.15) is 52.4 Å². The zero-order valence-electron chi connectivity index (χ0n) is 7.90. The molecule has 0 heteroatoms. The summed E-state index contributed by atoms with van der Waals surface area (Å²) in [7, 11) is 0. The quantitative estimate of drug-likeness (QED) is 0.567. The van der Waals surface area contributed by atoms with Gasteiger partial charge < -0.3 is 0 Å². The van der Waals surface area contributed by atoms with Crippen molar-refractivity contribution in [2.75, 3.05) is 0 Å². The first kappa shape index (κ1) is 7.64. The van der Waals surface area contributed by atoms with Crippen molar-refractivity contribution in [3.8, 4) is 0 Å². The second-order valence-corrected chi connectivity index (χ2v) is 4.73. The van der Waals surface area contributed by atoms with E-state index in [0.717, 1.165) is 17.3 Å². The van der Waals surface area contributed by atoms with E-state index in [2.05, 4.69) is 13.8 Å². The lowest BCUT2D eigenvalue weighted by atomic mass is 9.77. The molecule has 2 bridgehead atoms. The van der Waals surface area contributed by atoms with E-state index in [4.69, 9.17) is 0 Å². The van der Waals surface area contributed by atoms with E-state index >= 15 is 0 Å². The highest BCUT2D eigenvalue weighted by molar-refractivity contribution is 4.98. The Kier molecular flexibility index (Phi) is 1.74. The van der Waals surface area contributed by atoms with Crippen LogP contribution in [0.4, 0.5) is 0 Å². The summed E-state index contributed by atoms with van der Waals surface area (Å²) in [5.41, 5.74) is 0.825. The molecule has 64 valence electrons. The molecule has 0 spiro atoms. The van der Waals surface area contributed by atoms with Crippen LogP contribution in [0.25, 0.3) is 0 Å². The molecule has 2 aliphatic carbocycles. The Bertz CT molecular complexity index is 150. The van der Waals surface area contributed by atoms with Gasteiger partial charge in [-0.2, -0.15) is 0 Å². The van der Waals surface area contributed by atoms with Crippen molar-refractivity contribution < 1.29 is 0 Å². The molecule has 2 aliphatic rings. The minimum atomic E-state index is 0.825. The summed E-state index contributed by atoms with van der Waals surface area (Å²) >= 11 is 0. The maximum Gasteiger partial charge on any atom is -0.0295 e. The zero-order valence-corrected chi connectivity index (χ0v) is 7.90. The van der Waals surface area contributed by atoms with Crippen LogP contribution in [0, 0.1) is 17.3 Å². The maximum atomic E-state index is 2.39. The van der Waals surface area contributed by atoms with Gasteiger partial charge in [0.2, 0.25) is 0 Å². The van der Waals surface area contributed by atoms with Crippen LogP contribution in [-0.2, 0) is 0 Å². The fourth-order valence-corrected chi connectivity index (χ4v) is 3.51. The van der Waals surface area contributed by atoms with Crippen LogP contribution in [0.5, 0.6) is 0 Å². The van der Waals surface area contributed by atoms with Gasteiger partial charge in [0.25, 0.3) is 0 Å². The predicted molar refractivity (Wildman–Crippen MR) is 48.5 cm³/mol. The van der Waals surface area contributed by atoms with Crippen LogP contribution in [0.3, 0.4) is 0 Å². The topological polar surface area (TPSA) is 0 Å². The van der Waals surface area contributed by atoms with Gasteiger partial charge in [-0.15, -0.1) is 0 Å². The molecule has 3 unspecified atom stereocenters. The molecule has 2 rings (SSSR count). The first-order chi connectivity index (χ1) is 5.29. The van der Waals surface area contributed by atoms with Crippen LogP contribution in [0.15, 0.2) is 0 Å². The summed E-state index contributed by atoms with van der Waals surface area (Å²) in [6.45, 7) is 4.76. The smallest absolute Gasteiger partial charge is 0.0295 e. The lowest BCUT2D eigenvalue weighted by Crippen LogP contribution is -2.16. The first-order valence-electron chi connectivity index (χ1n) is 5.29. The Hall–Kier alpha value is 0. The van der Waals surface area contributed by atoms with Gasteiger partial charge in [-0.05, 0) is 42.9 Å². The number of hydrogen-bond acceptors (Lipinski definition) is 0.